The fourth-order valence-electron chi connectivity index (χ4n) is 2.36. The van der Waals surface area contributed by atoms with Gasteiger partial charge >= 0.3 is 0 Å². The van der Waals surface area contributed by atoms with Crippen LogP contribution in [-0.2, 0) is 14.8 Å². The SMILES string of the molecule is Cc1ccc(NC(=O)C(C)Nc2ccc(NS(C)(=O)=O)cc2)c(C)c1. The second-order valence-electron chi connectivity index (χ2n) is 6.13. The van der Waals surface area contributed by atoms with Crippen LogP contribution in [-0.4, -0.2) is 26.6 Å². The minimum atomic E-state index is -3.30. The van der Waals surface area contributed by atoms with E-state index in [4.69, 9.17) is 0 Å². The zero-order valence-corrected chi connectivity index (χ0v) is 15.6. The standard InChI is InChI=1S/C18H23N3O3S/c1-12-5-10-17(13(2)11-12)20-18(22)14(3)19-15-6-8-16(9-7-15)21-25(4,23)24/h5-11,14,19,21H,1-4H3,(H,20,22). The third-order valence-electron chi connectivity index (χ3n) is 3.60. The fourth-order valence-corrected chi connectivity index (χ4v) is 2.92. The smallest absolute Gasteiger partial charge is 0.246 e. The molecule has 0 saturated carbocycles. The van der Waals surface area contributed by atoms with E-state index < -0.39 is 16.1 Å². The van der Waals surface area contributed by atoms with Gasteiger partial charge in [0.2, 0.25) is 15.9 Å². The number of hydrogen-bond donors (Lipinski definition) is 3. The molecule has 2 aromatic carbocycles. The highest BCUT2D eigenvalue weighted by Crippen LogP contribution is 2.18. The average Bonchev–Trinajstić information content (AvgIpc) is 2.50. The first-order valence-corrected chi connectivity index (χ1v) is 9.76. The molecule has 0 aromatic heterocycles. The number of hydrogen-bond acceptors (Lipinski definition) is 4. The topological polar surface area (TPSA) is 87.3 Å². The fraction of sp³-hybridized carbons (Fsp3) is 0.278. The van der Waals surface area contributed by atoms with Crippen LogP contribution in [0.4, 0.5) is 17.1 Å². The quantitative estimate of drug-likeness (QED) is 0.738. The van der Waals surface area contributed by atoms with Crippen molar-refractivity contribution in [2.45, 2.75) is 26.8 Å². The number of amides is 1. The number of anilines is 3. The summed E-state index contributed by atoms with van der Waals surface area (Å²) in [4.78, 5) is 12.3. The molecule has 1 atom stereocenters. The maximum absolute atomic E-state index is 12.3. The molecule has 25 heavy (non-hydrogen) atoms. The van der Waals surface area contributed by atoms with Crippen LogP contribution in [0.25, 0.3) is 0 Å². The summed E-state index contributed by atoms with van der Waals surface area (Å²) in [5.74, 6) is -0.148. The predicted octanol–water partition coefficient (Wildman–Crippen LogP) is 3.11. The van der Waals surface area contributed by atoms with Crippen LogP contribution in [0.1, 0.15) is 18.1 Å². The molecule has 6 nitrogen and oxygen atoms in total. The van der Waals surface area contributed by atoms with Gasteiger partial charge in [-0.2, -0.15) is 0 Å². The van der Waals surface area contributed by atoms with Gasteiger partial charge in [-0.1, -0.05) is 17.7 Å². The maximum Gasteiger partial charge on any atom is 0.246 e. The summed E-state index contributed by atoms with van der Waals surface area (Å²) in [7, 11) is -3.30. The van der Waals surface area contributed by atoms with Crippen molar-refractivity contribution in [2.24, 2.45) is 0 Å². The summed E-state index contributed by atoms with van der Waals surface area (Å²) in [6.45, 7) is 5.72. The van der Waals surface area contributed by atoms with Crippen LogP contribution in [0.2, 0.25) is 0 Å². The van der Waals surface area contributed by atoms with E-state index in [0.29, 0.717) is 5.69 Å². The van der Waals surface area contributed by atoms with Gasteiger partial charge in [0.15, 0.2) is 0 Å². The Balaban J connectivity index is 1.98. The number of benzene rings is 2. The monoisotopic (exact) mass is 361 g/mol. The lowest BCUT2D eigenvalue weighted by Crippen LogP contribution is -2.32. The Bertz CT molecular complexity index is 862. The van der Waals surface area contributed by atoms with Crippen LogP contribution in [0.5, 0.6) is 0 Å². The van der Waals surface area contributed by atoms with Crippen molar-refractivity contribution < 1.29 is 13.2 Å². The third kappa shape index (κ3) is 5.79. The van der Waals surface area contributed by atoms with E-state index in [1.165, 1.54) is 0 Å². The summed E-state index contributed by atoms with van der Waals surface area (Å²) < 4.78 is 24.8. The van der Waals surface area contributed by atoms with Crippen LogP contribution in [0.15, 0.2) is 42.5 Å². The summed E-state index contributed by atoms with van der Waals surface area (Å²) in [5, 5.41) is 6.00. The lowest BCUT2D eigenvalue weighted by molar-refractivity contribution is -0.116. The van der Waals surface area contributed by atoms with E-state index in [-0.39, 0.29) is 5.91 Å². The average molecular weight is 361 g/mol. The normalized spacial score (nSPS) is 12.3. The molecular weight excluding hydrogens is 338 g/mol. The Labute approximate surface area is 148 Å². The summed E-state index contributed by atoms with van der Waals surface area (Å²) in [5.41, 5.74) is 4.14. The van der Waals surface area contributed by atoms with Gasteiger partial charge < -0.3 is 10.6 Å². The Morgan fingerprint density at radius 1 is 1.00 bits per heavy atom. The van der Waals surface area contributed by atoms with Crippen LogP contribution in [0.3, 0.4) is 0 Å². The number of carbonyl (C=O) groups excluding carboxylic acids is 1. The van der Waals surface area contributed by atoms with Crippen molar-refractivity contribution in [3.05, 3.63) is 53.6 Å². The number of carbonyl (C=O) groups is 1. The van der Waals surface area contributed by atoms with Crippen LogP contribution >= 0.6 is 0 Å². The van der Waals surface area contributed by atoms with Crippen LogP contribution < -0.4 is 15.4 Å². The summed E-state index contributed by atoms with van der Waals surface area (Å²) in [6, 6.07) is 12.1. The lowest BCUT2D eigenvalue weighted by atomic mass is 10.1. The summed E-state index contributed by atoms with van der Waals surface area (Å²) >= 11 is 0. The van der Waals surface area contributed by atoms with E-state index >= 15 is 0 Å². The van der Waals surface area contributed by atoms with Gasteiger partial charge in [0.25, 0.3) is 0 Å². The Kier molecular flexibility index (Phi) is 5.69. The number of aryl methyl sites for hydroxylation is 2. The van der Waals surface area contributed by atoms with Gasteiger partial charge in [-0.3, -0.25) is 9.52 Å². The predicted molar refractivity (Wildman–Crippen MR) is 103 cm³/mol. The molecule has 0 aliphatic heterocycles. The maximum atomic E-state index is 12.3. The molecule has 3 N–H and O–H groups in total. The molecule has 0 saturated heterocycles. The van der Waals surface area contributed by atoms with E-state index in [1.54, 1.807) is 31.2 Å². The second kappa shape index (κ2) is 7.57. The number of rotatable bonds is 6. The molecule has 0 aliphatic carbocycles. The molecule has 0 fully saturated rings. The largest absolute Gasteiger partial charge is 0.374 e. The summed E-state index contributed by atoms with van der Waals surface area (Å²) in [6.07, 6.45) is 1.10. The highest BCUT2D eigenvalue weighted by atomic mass is 32.2. The molecular formula is C18H23N3O3S. The second-order valence-corrected chi connectivity index (χ2v) is 7.87. The zero-order valence-electron chi connectivity index (χ0n) is 14.8. The van der Waals surface area contributed by atoms with Crippen molar-refractivity contribution in [1.29, 1.82) is 0 Å². The third-order valence-corrected chi connectivity index (χ3v) is 4.21. The van der Waals surface area contributed by atoms with Crippen LogP contribution in [0, 0.1) is 13.8 Å². The number of sulfonamides is 1. The minimum absolute atomic E-state index is 0.148. The molecule has 2 aromatic rings. The molecule has 1 unspecified atom stereocenters. The van der Waals surface area contributed by atoms with Crippen molar-refractivity contribution in [1.82, 2.24) is 0 Å². The van der Waals surface area contributed by atoms with Crippen molar-refractivity contribution >= 4 is 33.0 Å². The van der Waals surface area contributed by atoms with E-state index in [2.05, 4.69) is 15.4 Å². The Morgan fingerprint density at radius 2 is 1.60 bits per heavy atom. The minimum Gasteiger partial charge on any atom is -0.374 e. The van der Waals surface area contributed by atoms with Crippen molar-refractivity contribution in [2.75, 3.05) is 21.6 Å². The first-order valence-electron chi connectivity index (χ1n) is 7.86. The molecule has 2 rings (SSSR count). The molecule has 0 bridgehead atoms. The first-order chi connectivity index (χ1) is 11.6. The molecule has 134 valence electrons. The van der Waals surface area contributed by atoms with E-state index in [0.717, 1.165) is 28.8 Å². The van der Waals surface area contributed by atoms with E-state index in [1.807, 2.05) is 32.0 Å². The van der Waals surface area contributed by atoms with Crippen molar-refractivity contribution in [3.8, 4) is 0 Å². The Hall–Kier alpha value is -2.54. The van der Waals surface area contributed by atoms with Gasteiger partial charge in [-0.15, -0.1) is 0 Å². The molecule has 0 spiro atoms. The molecule has 7 heteroatoms. The lowest BCUT2D eigenvalue weighted by Gasteiger charge is -2.17. The van der Waals surface area contributed by atoms with E-state index in [9.17, 15) is 13.2 Å². The van der Waals surface area contributed by atoms with Gasteiger partial charge in [0.05, 0.1) is 6.26 Å². The van der Waals surface area contributed by atoms with Gasteiger partial charge in [0, 0.05) is 17.1 Å². The molecule has 0 aliphatic rings. The zero-order chi connectivity index (χ0) is 18.6. The van der Waals surface area contributed by atoms with Gasteiger partial charge in [-0.25, -0.2) is 8.42 Å². The van der Waals surface area contributed by atoms with Gasteiger partial charge in [0.1, 0.15) is 6.04 Å². The molecule has 0 heterocycles. The molecule has 0 radical (unpaired) electrons. The molecule has 1 amide bonds. The van der Waals surface area contributed by atoms with Gasteiger partial charge in [-0.05, 0) is 56.7 Å². The number of nitrogens with one attached hydrogen (secondary N) is 3. The van der Waals surface area contributed by atoms with Crippen molar-refractivity contribution in [3.63, 3.8) is 0 Å². The Morgan fingerprint density at radius 3 is 2.16 bits per heavy atom. The highest BCUT2D eigenvalue weighted by Gasteiger charge is 2.14. The highest BCUT2D eigenvalue weighted by molar-refractivity contribution is 7.92. The first kappa shape index (κ1) is 18.8.